The lowest BCUT2D eigenvalue weighted by molar-refractivity contribution is -0.210. The van der Waals surface area contributed by atoms with E-state index >= 15 is 0 Å². The number of hydrogen-bond donors (Lipinski definition) is 3. The zero-order valence-electron chi connectivity index (χ0n) is 27.5. The van der Waals surface area contributed by atoms with Crippen molar-refractivity contribution < 1.29 is 26.4 Å². The SMILES string of the molecule is CC1CC2CC3CC(CC(=O)NCCOCCC(=O)N4CCC(Oc5cccc(-c6onc7ccc(/C(N)=N/N=N)cc67)c5)CC4)(C1)C23.[HH].[HH]. The zero-order chi connectivity index (χ0) is 33.3. The molecule has 5 atom stereocenters. The molecular weight excluding hydrogens is 610 g/mol. The lowest BCUT2D eigenvalue weighted by Crippen LogP contribution is -2.63. The van der Waals surface area contributed by atoms with Crippen LogP contribution in [0.15, 0.2) is 57.3 Å². The average Bonchev–Trinajstić information content (AvgIpc) is 3.48. The van der Waals surface area contributed by atoms with Crippen molar-refractivity contribution >= 4 is 28.6 Å². The van der Waals surface area contributed by atoms with Gasteiger partial charge in [0.15, 0.2) is 11.6 Å². The van der Waals surface area contributed by atoms with Crippen molar-refractivity contribution in [1.82, 2.24) is 15.4 Å². The zero-order valence-corrected chi connectivity index (χ0v) is 27.5. The van der Waals surface area contributed by atoms with Crippen molar-refractivity contribution in [2.24, 2.45) is 45.1 Å². The molecule has 2 amide bonds. The van der Waals surface area contributed by atoms with Gasteiger partial charge in [-0.05, 0) is 85.1 Å². The first-order chi connectivity index (χ1) is 23.3. The summed E-state index contributed by atoms with van der Waals surface area (Å²) in [5.74, 6) is 4.94. The first kappa shape index (κ1) is 32.2. The smallest absolute Gasteiger partial charge is 0.224 e. The molecule has 3 aliphatic carbocycles. The molecule has 12 nitrogen and oxygen atoms in total. The summed E-state index contributed by atoms with van der Waals surface area (Å²) in [7, 11) is 0. The molecule has 258 valence electrons. The first-order valence-electron chi connectivity index (χ1n) is 17.3. The highest BCUT2D eigenvalue weighted by Gasteiger charge is 2.65. The fraction of sp³-hybridized carbons (Fsp3) is 0.556. The van der Waals surface area contributed by atoms with Crippen molar-refractivity contribution in [1.29, 1.82) is 5.53 Å². The highest BCUT2D eigenvalue weighted by Crippen LogP contribution is 2.72. The third kappa shape index (κ3) is 6.54. The Bertz CT molecular complexity index is 1710. The topological polar surface area (TPSA) is 168 Å². The third-order valence-electron chi connectivity index (χ3n) is 11.1. The number of ether oxygens (including phenoxy) is 2. The molecule has 0 spiro atoms. The number of carbonyl (C=O) groups excluding carboxylic acids is 2. The fourth-order valence-electron chi connectivity index (χ4n) is 9.21. The number of amides is 2. The second-order valence-corrected chi connectivity index (χ2v) is 14.3. The van der Waals surface area contributed by atoms with Gasteiger partial charge in [0.2, 0.25) is 11.8 Å². The van der Waals surface area contributed by atoms with E-state index in [9.17, 15) is 9.59 Å². The van der Waals surface area contributed by atoms with Gasteiger partial charge in [-0.3, -0.25) is 9.59 Å². The van der Waals surface area contributed by atoms with E-state index in [2.05, 4.69) is 27.7 Å². The van der Waals surface area contributed by atoms with Crippen LogP contribution in [-0.4, -0.2) is 66.7 Å². The van der Waals surface area contributed by atoms with E-state index in [1.165, 1.54) is 25.7 Å². The summed E-state index contributed by atoms with van der Waals surface area (Å²) in [5.41, 5.74) is 15.2. The van der Waals surface area contributed by atoms with E-state index in [-0.39, 0.29) is 32.0 Å². The summed E-state index contributed by atoms with van der Waals surface area (Å²) >= 11 is 0. The Kier molecular flexibility index (Phi) is 9.17. The summed E-state index contributed by atoms with van der Waals surface area (Å²) in [5, 5.41) is 14.6. The number of nitrogens with one attached hydrogen (secondary N) is 2. The number of benzene rings is 2. The highest BCUT2D eigenvalue weighted by molar-refractivity contribution is 6.02. The van der Waals surface area contributed by atoms with Crippen LogP contribution in [0.1, 0.15) is 66.7 Å². The number of aromatic nitrogens is 1. The number of rotatable bonds is 13. The molecule has 4 fully saturated rings. The van der Waals surface area contributed by atoms with Crippen LogP contribution < -0.4 is 15.8 Å². The summed E-state index contributed by atoms with van der Waals surface area (Å²) in [6.07, 6.45) is 7.63. The minimum Gasteiger partial charge on any atom is -0.490 e. The van der Waals surface area contributed by atoms with Gasteiger partial charge in [-0.1, -0.05) is 29.4 Å². The molecule has 4 aliphatic rings. The van der Waals surface area contributed by atoms with E-state index in [0.29, 0.717) is 68.3 Å². The molecular formula is C36H49N7O5. The molecule has 12 heteroatoms. The van der Waals surface area contributed by atoms with Crippen LogP contribution in [0.25, 0.3) is 22.2 Å². The number of piperidine rings is 1. The molecule has 0 radical (unpaired) electrons. The second kappa shape index (κ2) is 13.7. The minimum atomic E-state index is -0.00997. The molecule has 1 aliphatic heterocycles. The molecule has 4 N–H and O–H groups in total. The molecule has 0 bridgehead atoms. The quantitative estimate of drug-likeness (QED) is 0.0665. The average molecular weight is 660 g/mol. The molecule has 2 aromatic carbocycles. The maximum atomic E-state index is 12.8. The number of likely N-dealkylation sites (tertiary alicyclic amines) is 1. The maximum Gasteiger partial charge on any atom is 0.224 e. The Morgan fingerprint density at radius 2 is 2.00 bits per heavy atom. The van der Waals surface area contributed by atoms with E-state index < -0.39 is 0 Å². The number of nitrogens with zero attached hydrogens (tertiary/aromatic N) is 4. The van der Waals surface area contributed by atoms with E-state index in [1.54, 1.807) is 12.1 Å². The van der Waals surface area contributed by atoms with Gasteiger partial charge in [0.25, 0.3) is 0 Å². The lowest BCUT2D eigenvalue weighted by Gasteiger charge is -2.70. The van der Waals surface area contributed by atoms with Crippen molar-refractivity contribution in [3.63, 3.8) is 0 Å². The molecule has 2 heterocycles. The minimum absolute atomic E-state index is 0. The maximum absolute atomic E-state index is 12.8. The summed E-state index contributed by atoms with van der Waals surface area (Å²) in [6.45, 7) is 4.86. The van der Waals surface area contributed by atoms with Crippen LogP contribution in [0.4, 0.5) is 0 Å². The largest absolute Gasteiger partial charge is 0.490 e. The van der Waals surface area contributed by atoms with Crippen molar-refractivity contribution in [2.45, 2.75) is 64.4 Å². The van der Waals surface area contributed by atoms with Gasteiger partial charge in [-0.25, -0.2) is 0 Å². The van der Waals surface area contributed by atoms with Gasteiger partial charge < -0.3 is 29.9 Å². The monoisotopic (exact) mass is 659 g/mol. The standard InChI is InChI=1S/C36H45N7O5.2H2/c1-22-15-25-16-26-20-36(19-22,33(25)26)21-31(44)39-10-14-46-13-9-32(45)43-11-7-27(8-12-43)47-28-4-2-3-23(17-28)34-29-18-24(35(37)40-42-38)5-6-30(29)41-48-34;;/h2-6,17-18,22,25-27,33H,7-16,19-21H2,1H3,(H,39,44)(H3,37,38,40);2*1H. The number of fused-ring (bicyclic) bond motifs is 1. The van der Waals surface area contributed by atoms with Crippen LogP contribution in [0.3, 0.4) is 0 Å². The van der Waals surface area contributed by atoms with Gasteiger partial charge >= 0.3 is 0 Å². The van der Waals surface area contributed by atoms with Crippen LogP contribution >= 0.6 is 0 Å². The van der Waals surface area contributed by atoms with Gasteiger partial charge in [-0.15, -0.1) is 5.10 Å². The molecule has 3 saturated carbocycles. The van der Waals surface area contributed by atoms with Crippen molar-refractivity contribution in [2.75, 3.05) is 32.8 Å². The lowest BCUT2D eigenvalue weighted by atomic mass is 9.35. The Labute approximate surface area is 283 Å². The summed E-state index contributed by atoms with van der Waals surface area (Å²) < 4.78 is 17.7. The first-order valence-corrected chi connectivity index (χ1v) is 17.3. The van der Waals surface area contributed by atoms with Crippen LogP contribution in [-0.2, 0) is 14.3 Å². The molecule has 3 aromatic rings. The van der Waals surface area contributed by atoms with E-state index in [4.69, 9.17) is 25.3 Å². The summed E-state index contributed by atoms with van der Waals surface area (Å²) in [6, 6.07) is 13.0. The molecule has 7 rings (SSSR count). The van der Waals surface area contributed by atoms with E-state index in [1.807, 2.05) is 35.2 Å². The van der Waals surface area contributed by atoms with Crippen molar-refractivity contribution in [3.05, 3.63) is 48.0 Å². The van der Waals surface area contributed by atoms with Crippen LogP contribution in [0.2, 0.25) is 0 Å². The Morgan fingerprint density at radius 1 is 1.15 bits per heavy atom. The van der Waals surface area contributed by atoms with Gasteiger partial charge in [0.1, 0.15) is 17.4 Å². The normalized spacial score (nSPS) is 26.7. The number of hydrogen-bond acceptors (Lipinski definition) is 8. The van der Waals surface area contributed by atoms with E-state index in [0.717, 1.165) is 47.5 Å². The highest BCUT2D eigenvalue weighted by atomic mass is 16.5. The predicted octanol–water partition coefficient (Wildman–Crippen LogP) is 5.99. The summed E-state index contributed by atoms with van der Waals surface area (Å²) in [4.78, 5) is 27.4. The van der Waals surface area contributed by atoms with Crippen LogP contribution in [0.5, 0.6) is 5.75 Å². The molecule has 1 saturated heterocycles. The Morgan fingerprint density at radius 3 is 2.81 bits per heavy atom. The third-order valence-corrected chi connectivity index (χ3v) is 11.1. The predicted molar refractivity (Wildman–Crippen MR) is 183 cm³/mol. The number of amidine groups is 1. The molecule has 48 heavy (non-hydrogen) atoms. The fourth-order valence-corrected chi connectivity index (χ4v) is 9.21. The van der Waals surface area contributed by atoms with Crippen molar-refractivity contribution in [3.8, 4) is 17.1 Å². The van der Waals surface area contributed by atoms with Gasteiger partial charge in [0, 0.05) is 52.9 Å². The molecule has 1 aromatic heterocycles. The Balaban J connectivity index is 0.00000243. The molecule has 5 unspecified atom stereocenters. The van der Waals surface area contributed by atoms with Gasteiger partial charge in [0.05, 0.1) is 25.0 Å². The van der Waals surface area contributed by atoms with Crippen LogP contribution in [0, 0.1) is 34.6 Å². The number of carbonyl (C=O) groups is 2. The Hall–Kier alpha value is -4.32. The second-order valence-electron chi connectivity index (χ2n) is 14.3. The van der Waals surface area contributed by atoms with Gasteiger partial charge in [-0.2, -0.15) is 5.53 Å². The number of nitrogens with two attached hydrogens (primary N) is 1.